The van der Waals surface area contributed by atoms with Crippen molar-refractivity contribution in [1.82, 2.24) is 5.32 Å². The molecule has 0 aromatic carbocycles. The Balaban J connectivity index is 2.22. The molecule has 0 bridgehead atoms. The maximum Gasteiger partial charge on any atom is 0.249 e. The topological polar surface area (TPSA) is 189 Å². The molecule has 0 aromatic heterocycles. The monoisotopic (exact) mass is 966 g/mol. The molecule has 9 atom stereocenters. The number of aliphatic hydroxyl groups excluding tert-OH is 7. The van der Waals surface area contributed by atoms with Gasteiger partial charge in [0.15, 0.2) is 6.29 Å². The summed E-state index contributed by atoms with van der Waals surface area (Å²) < 4.78 is 11.1. The molecule has 1 aliphatic rings. The minimum atomic E-state index is -1.67. The lowest BCUT2D eigenvalue weighted by Crippen LogP contribution is -2.60. The zero-order chi connectivity index (χ0) is 49.7. The van der Waals surface area contributed by atoms with Crippen LogP contribution in [0, 0.1) is 0 Å². The number of unbranched alkanes of at least 4 members (excludes halogenated alkanes) is 30. The summed E-state index contributed by atoms with van der Waals surface area (Å²) in [7, 11) is 0. The summed E-state index contributed by atoms with van der Waals surface area (Å²) >= 11 is 0. The fourth-order valence-electron chi connectivity index (χ4n) is 9.00. The van der Waals surface area contributed by atoms with Crippen molar-refractivity contribution in [1.29, 1.82) is 0 Å². The highest BCUT2D eigenvalue weighted by molar-refractivity contribution is 5.80. The van der Waals surface area contributed by atoms with E-state index in [2.05, 4.69) is 55.6 Å². The SMILES string of the molecule is CCCCCCCC/C=C/CCCC(O)C(O)C(COC1OC(CO)C(O)C(O)C1O)NC(=O)C(O)CCCCCCCCCCCCCCCC/C=C\C/C=C\CCCCCCCCCCC. The second-order valence-corrected chi connectivity index (χ2v) is 20.0. The highest BCUT2D eigenvalue weighted by atomic mass is 16.7. The van der Waals surface area contributed by atoms with Gasteiger partial charge in [0.1, 0.15) is 36.6 Å². The zero-order valence-corrected chi connectivity index (χ0v) is 43.6. The molecular formula is C57H107NO10. The summed E-state index contributed by atoms with van der Waals surface area (Å²) in [6.07, 6.45) is 45.1. The van der Waals surface area contributed by atoms with Crippen LogP contribution in [0.15, 0.2) is 36.5 Å². The molecule has 400 valence electrons. The van der Waals surface area contributed by atoms with Crippen molar-refractivity contribution in [3.63, 3.8) is 0 Å². The molecule has 1 saturated heterocycles. The number of hydrogen-bond donors (Lipinski definition) is 8. The number of hydrogen-bond acceptors (Lipinski definition) is 10. The molecule has 1 aliphatic heterocycles. The van der Waals surface area contributed by atoms with Gasteiger partial charge in [0.25, 0.3) is 0 Å². The molecule has 0 spiro atoms. The summed E-state index contributed by atoms with van der Waals surface area (Å²) in [4.78, 5) is 13.1. The summed E-state index contributed by atoms with van der Waals surface area (Å²) in [6.45, 7) is 3.42. The molecule has 0 radical (unpaired) electrons. The Morgan fingerprint density at radius 3 is 1.35 bits per heavy atom. The fraction of sp³-hybridized carbons (Fsp3) is 0.877. The number of carbonyl (C=O) groups excluding carboxylic acids is 1. The molecular weight excluding hydrogens is 859 g/mol. The van der Waals surface area contributed by atoms with Crippen molar-refractivity contribution < 1.29 is 50.0 Å². The highest BCUT2D eigenvalue weighted by Gasteiger charge is 2.44. The van der Waals surface area contributed by atoms with Crippen LogP contribution in [0.2, 0.25) is 0 Å². The van der Waals surface area contributed by atoms with Gasteiger partial charge >= 0.3 is 0 Å². The second kappa shape index (κ2) is 46.4. The van der Waals surface area contributed by atoms with Gasteiger partial charge in [-0.2, -0.15) is 0 Å². The van der Waals surface area contributed by atoms with Crippen LogP contribution in [0.3, 0.4) is 0 Å². The molecule has 0 saturated carbocycles. The van der Waals surface area contributed by atoms with E-state index in [1.165, 1.54) is 167 Å². The van der Waals surface area contributed by atoms with Gasteiger partial charge < -0.3 is 50.5 Å². The molecule has 1 heterocycles. The van der Waals surface area contributed by atoms with E-state index >= 15 is 0 Å². The van der Waals surface area contributed by atoms with E-state index in [-0.39, 0.29) is 12.8 Å². The van der Waals surface area contributed by atoms with Crippen molar-refractivity contribution in [3.05, 3.63) is 36.5 Å². The standard InChI is InChI=1S/C57H107NO10/c1-3-5-7-9-11-13-15-16-17-18-19-20-21-22-23-24-25-26-27-28-29-30-31-32-33-35-37-39-41-43-45-50(61)56(66)58-48(47-67-57-55(65)54(64)53(63)51(46-59)68-57)52(62)49(60)44-42-40-38-36-34-14-12-10-8-6-4-2/h19-20,22-23,36,38,48-55,57,59-65H,3-18,21,24-35,37,39-47H2,1-2H3,(H,58,66)/b20-19-,23-22-,38-36+. The van der Waals surface area contributed by atoms with Gasteiger partial charge in [0.2, 0.25) is 5.91 Å². The normalized spacial score (nSPS) is 20.8. The van der Waals surface area contributed by atoms with Crippen molar-refractivity contribution in [2.45, 2.75) is 306 Å². The number of rotatable bonds is 48. The van der Waals surface area contributed by atoms with Crippen LogP contribution in [-0.2, 0) is 14.3 Å². The second-order valence-electron chi connectivity index (χ2n) is 20.0. The van der Waals surface area contributed by atoms with Crippen LogP contribution >= 0.6 is 0 Å². The molecule has 9 unspecified atom stereocenters. The maximum atomic E-state index is 13.1. The minimum Gasteiger partial charge on any atom is -0.394 e. The van der Waals surface area contributed by atoms with Crippen molar-refractivity contribution >= 4 is 5.91 Å². The molecule has 0 aromatic rings. The quantitative estimate of drug-likeness (QED) is 0.0215. The van der Waals surface area contributed by atoms with E-state index in [0.29, 0.717) is 12.8 Å². The summed E-state index contributed by atoms with van der Waals surface area (Å²) in [5, 5.41) is 75.8. The van der Waals surface area contributed by atoms with Gasteiger partial charge in [-0.3, -0.25) is 4.79 Å². The minimum absolute atomic E-state index is 0.254. The fourth-order valence-corrected chi connectivity index (χ4v) is 9.00. The van der Waals surface area contributed by atoms with Crippen molar-refractivity contribution in [2.75, 3.05) is 13.2 Å². The van der Waals surface area contributed by atoms with E-state index in [1.807, 2.05) is 0 Å². The molecule has 68 heavy (non-hydrogen) atoms. The lowest BCUT2D eigenvalue weighted by Gasteiger charge is -2.40. The van der Waals surface area contributed by atoms with E-state index < -0.39 is 74.2 Å². The Hall–Kier alpha value is -1.67. The first-order valence-electron chi connectivity index (χ1n) is 28.4. The number of allylic oxidation sites excluding steroid dienone is 6. The Bertz CT molecular complexity index is 1200. The molecule has 0 aliphatic carbocycles. The van der Waals surface area contributed by atoms with E-state index in [0.717, 1.165) is 44.9 Å². The largest absolute Gasteiger partial charge is 0.394 e. The lowest BCUT2D eigenvalue weighted by molar-refractivity contribution is -0.303. The predicted molar refractivity (Wildman–Crippen MR) is 279 cm³/mol. The van der Waals surface area contributed by atoms with E-state index in [4.69, 9.17) is 9.47 Å². The molecule has 8 N–H and O–H groups in total. The Morgan fingerprint density at radius 2 is 0.912 bits per heavy atom. The lowest BCUT2D eigenvalue weighted by atomic mass is 9.98. The summed E-state index contributed by atoms with van der Waals surface area (Å²) in [6, 6.07) is -1.18. The number of carbonyl (C=O) groups is 1. The summed E-state index contributed by atoms with van der Waals surface area (Å²) in [5.41, 5.74) is 0. The third-order valence-corrected chi connectivity index (χ3v) is 13.7. The highest BCUT2D eigenvalue weighted by Crippen LogP contribution is 2.23. The molecule has 11 nitrogen and oxygen atoms in total. The average Bonchev–Trinajstić information content (AvgIpc) is 3.34. The molecule has 1 fully saturated rings. The number of aliphatic hydroxyl groups is 7. The van der Waals surface area contributed by atoms with Crippen molar-refractivity contribution in [2.24, 2.45) is 0 Å². The van der Waals surface area contributed by atoms with Gasteiger partial charge in [0.05, 0.1) is 25.4 Å². The molecule has 1 rings (SSSR count). The number of ether oxygens (including phenoxy) is 2. The van der Waals surface area contributed by atoms with Crippen LogP contribution in [0.4, 0.5) is 0 Å². The van der Waals surface area contributed by atoms with E-state index in [9.17, 15) is 40.5 Å². The van der Waals surface area contributed by atoms with Gasteiger partial charge in [-0.1, -0.05) is 217 Å². The predicted octanol–water partition coefficient (Wildman–Crippen LogP) is 11.5. The smallest absolute Gasteiger partial charge is 0.249 e. The number of amides is 1. The summed E-state index contributed by atoms with van der Waals surface area (Å²) in [5.74, 6) is -0.707. The third-order valence-electron chi connectivity index (χ3n) is 13.7. The Labute approximate surface area is 416 Å². The Morgan fingerprint density at radius 1 is 0.515 bits per heavy atom. The van der Waals surface area contributed by atoms with Crippen LogP contribution in [0.1, 0.15) is 251 Å². The first kappa shape index (κ1) is 64.3. The molecule has 11 heteroatoms. The van der Waals surface area contributed by atoms with Crippen LogP contribution in [0.25, 0.3) is 0 Å². The maximum absolute atomic E-state index is 13.1. The first-order chi connectivity index (χ1) is 33.2. The van der Waals surface area contributed by atoms with E-state index in [1.54, 1.807) is 0 Å². The number of nitrogens with one attached hydrogen (secondary N) is 1. The van der Waals surface area contributed by atoms with Crippen LogP contribution < -0.4 is 5.32 Å². The third kappa shape index (κ3) is 34.6. The van der Waals surface area contributed by atoms with Gasteiger partial charge in [0, 0.05) is 0 Å². The van der Waals surface area contributed by atoms with Gasteiger partial charge in [-0.15, -0.1) is 0 Å². The average molecular weight is 966 g/mol. The van der Waals surface area contributed by atoms with Gasteiger partial charge in [-0.05, 0) is 70.6 Å². The van der Waals surface area contributed by atoms with Crippen LogP contribution in [0.5, 0.6) is 0 Å². The Kier molecular flexibility index (Phi) is 43.9. The zero-order valence-electron chi connectivity index (χ0n) is 43.6. The van der Waals surface area contributed by atoms with Crippen molar-refractivity contribution in [3.8, 4) is 0 Å². The van der Waals surface area contributed by atoms with Gasteiger partial charge in [-0.25, -0.2) is 0 Å². The van der Waals surface area contributed by atoms with Crippen LogP contribution in [-0.4, -0.2) is 110 Å². The first-order valence-corrected chi connectivity index (χ1v) is 28.4. The molecule has 1 amide bonds.